The molecule has 0 atom stereocenters. The van der Waals surface area contributed by atoms with Gasteiger partial charge in [-0.1, -0.05) is 29.8 Å². The van der Waals surface area contributed by atoms with Crippen molar-refractivity contribution < 1.29 is 23.3 Å². The van der Waals surface area contributed by atoms with Crippen LogP contribution in [0.25, 0.3) is 6.08 Å². The van der Waals surface area contributed by atoms with Crippen LogP contribution in [0, 0.1) is 21.7 Å². The average Bonchev–Trinajstić information content (AvgIpc) is 2.73. The van der Waals surface area contributed by atoms with Gasteiger partial charge in [-0.2, -0.15) is 0 Å². The molecule has 0 aromatic heterocycles. The van der Waals surface area contributed by atoms with Crippen LogP contribution in [0.1, 0.15) is 15.9 Å². The first-order valence-corrected chi connectivity index (χ1v) is 9.40. The summed E-state index contributed by atoms with van der Waals surface area (Å²) in [6.45, 7) is 0. The summed E-state index contributed by atoms with van der Waals surface area (Å²) in [7, 11) is 0. The number of benzene rings is 3. The number of amides is 2. The molecule has 0 radical (unpaired) electrons. The molecule has 3 aromatic rings. The van der Waals surface area contributed by atoms with Crippen molar-refractivity contribution in [1.29, 1.82) is 0 Å². The zero-order valence-electron chi connectivity index (χ0n) is 16.1. The molecule has 0 spiro atoms. The molecule has 2 N–H and O–H groups in total. The van der Waals surface area contributed by atoms with E-state index in [1.54, 1.807) is 0 Å². The SMILES string of the molecule is O=C(Nc1cccc(F)c1)C(=Cc1cccc([N+](=O)[O-])c1)NC(=O)c1ccc(F)cc1Cl. The molecule has 0 fully saturated rings. The minimum absolute atomic E-state index is 0.100. The smallest absolute Gasteiger partial charge is 0.272 e. The van der Waals surface area contributed by atoms with E-state index in [-0.39, 0.29) is 33.2 Å². The van der Waals surface area contributed by atoms with Gasteiger partial charge in [0.05, 0.1) is 15.5 Å². The molecule has 7 nitrogen and oxygen atoms in total. The normalized spacial score (nSPS) is 11.0. The Bertz CT molecular complexity index is 1250. The van der Waals surface area contributed by atoms with Crippen molar-refractivity contribution >= 4 is 40.9 Å². The molecule has 0 aliphatic heterocycles. The highest BCUT2D eigenvalue weighted by Crippen LogP contribution is 2.19. The zero-order valence-corrected chi connectivity index (χ0v) is 16.9. The van der Waals surface area contributed by atoms with Gasteiger partial charge >= 0.3 is 0 Å². The molecule has 0 bridgehead atoms. The van der Waals surface area contributed by atoms with Crippen LogP contribution < -0.4 is 10.6 Å². The summed E-state index contributed by atoms with van der Waals surface area (Å²) >= 11 is 5.91. The molecule has 0 aliphatic rings. The maximum atomic E-state index is 13.4. The summed E-state index contributed by atoms with van der Waals surface area (Å²) in [5.74, 6) is -2.88. The molecule has 3 aromatic carbocycles. The first-order chi connectivity index (χ1) is 15.2. The van der Waals surface area contributed by atoms with Gasteiger partial charge in [0.15, 0.2) is 0 Å². The monoisotopic (exact) mass is 457 g/mol. The van der Waals surface area contributed by atoms with Crippen LogP contribution in [0.5, 0.6) is 0 Å². The van der Waals surface area contributed by atoms with Gasteiger partial charge in [-0.3, -0.25) is 19.7 Å². The molecule has 0 aliphatic carbocycles. The predicted octanol–water partition coefficient (Wildman–Crippen LogP) is 4.94. The molecule has 0 saturated heterocycles. The number of nitro groups is 1. The topological polar surface area (TPSA) is 101 Å². The minimum Gasteiger partial charge on any atom is -0.321 e. The van der Waals surface area contributed by atoms with Crippen molar-refractivity contribution in [2.45, 2.75) is 0 Å². The summed E-state index contributed by atoms with van der Waals surface area (Å²) in [5.41, 5.74) is -0.267. The third kappa shape index (κ3) is 5.73. The number of non-ortho nitro benzene ring substituents is 1. The number of anilines is 1. The van der Waals surface area contributed by atoms with E-state index in [2.05, 4.69) is 10.6 Å². The van der Waals surface area contributed by atoms with Crippen molar-refractivity contribution in [3.05, 3.63) is 110 Å². The number of hydrogen-bond donors (Lipinski definition) is 2. The number of halogens is 3. The number of nitrogens with zero attached hydrogens (tertiary/aromatic N) is 1. The summed E-state index contributed by atoms with van der Waals surface area (Å²) in [6, 6.07) is 13.5. The van der Waals surface area contributed by atoms with Crippen LogP contribution in [-0.4, -0.2) is 16.7 Å². The van der Waals surface area contributed by atoms with E-state index < -0.39 is 28.4 Å². The zero-order chi connectivity index (χ0) is 23.3. The molecule has 162 valence electrons. The lowest BCUT2D eigenvalue weighted by atomic mass is 10.1. The second-order valence-electron chi connectivity index (χ2n) is 6.45. The molecule has 3 rings (SSSR count). The van der Waals surface area contributed by atoms with Crippen molar-refractivity contribution in [3.8, 4) is 0 Å². The van der Waals surface area contributed by atoms with E-state index in [1.807, 2.05) is 0 Å². The number of carbonyl (C=O) groups excluding carboxylic acids is 2. The molecule has 32 heavy (non-hydrogen) atoms. The summed E-state index contributed by atoms with van der Waals surface area (Å²) in [5, 5.41) is 15.6. The molecule has 10 heteroatoms. The quantitative estimate of drug-likeness (QED) is 0.311. The number of nitro benzene ring substituents is 1. The fourth-order valence-corrected chi connectivity index (χ4v) is 2.93. The first kappa shape index (κ1) is 22.6. The molecular weight excluding hydrogens is 444 g/mol. The fourth-order valence-electron chi connectivity index (χ4n) is 2.68. The lowest BCUT2D eigenvalue weighted by Crippen LogP contribution is -2.31. The number of hydrogen-bond acceptors (Lipinski definition) is 4. The Morgan fingerprint density at radius 1 is 0.969 bits per heavy atom. The minimum atomic E-state index is -0.825. The van der Waals surface area contributed by atoms with Gasteiger partial charge in [-0.25, -0.2) is 8.78 Å². The van der Waals surface area contributed by atoms with Crippen LogP contribution >= 0.6 is 11.6 Å². The van der Waals surface area contributed by atoms with Gasteiger partial charge in [-0.15, -0.1) is 0 Å². The van der Waals surface area contributed by atoms with E-state index in [9.17, 15) is 28.5 Å². The van der Waals surface area contributed by atoms with E-state index in [0.717, 1.165) is 24.3 Å². The van der Waals surface area contributed by atoms with Crippen molar-refractivity contribution in [3.63, 3.8) is 0 Å². The van der Waals surface area contributed by atoms with Crippen LogP contribution in [0.4, 0.5) is 20.2 Å². The average molecular weight is 458 g/mol. The lowest BCUT2D eigenvalue weighted by molar-refractivity contribution is -0.384. The third-order valence-electron chi connectivity index (χ3n) is 4.14. The van der Waals surface area contributed by atoms with Gasteiger partial charge in [0, 0.05) is 17.8 Å². The summed E-state index contributed by atoms with van der Waals surface area (Å²) in [4.78, 5) is 35.9. The van der Waals surface area contributed by atoms with Gasteiger partial charge in [0.2, 0.25) is 0 Å². The highest BCUT2D eigenvalue weighted by Gasteiger charge is 2.18. The van der Waals surface area contributed by atoms with Crippen LogP contribution in [-0.2, 0) is 4.79 Å². The highest BCUT2D eigenvalue weighted by atomic mass is 35.5. The Kier molecular flexibility index (Phi) is 6.91. The van der Waals surface area contributed by atoms with Gasteiger partial charge in [-0.05, 0) is 48.0 Å². The Balaban J connectivity index is 1.96. The fraction of sp³-hybridized carbons (Fsp3) is 0. The Morgan fingerprint density at radius 3 is 2.38 bits per heavy atom. The molecular formula is C22H14ClF2N3O4. The molecule has 0 saturated carbocycles. The number of rotatable bonds is 6. The van der Waals surface area contributed by atoms with E-state index in [4.69, 9.17) is 11.6 Å². The molecule has 0 unspecified atom stereocenters. The largest absolute Gasteiger partial charge is 0.321 e. The first-order valence-electron chi connectivity index (χ1n) is 9.02. The standard InChI is InChI=1S/C22H14ClF2N3O4/c23-19-12-15(25)7-8-18(19)21(29)27-20(10-13-3-1-6-17(9-13)28(31)32)22(30)26-16-5-2-4-14(24)11-16/h1-12H,(H,26,30)(H,27,29). The highest BCUT2D eigenvalue weighted by molar-refractivity contribution is 6.34. The Morgan fingerprint density at radius 2 is 1.69 bits per heavy atom. The van der Waals surface area contributed by atoms with Crippen LogP contribution in [0.3, 0.4) is 0 Å². The van der Waals surface area contributed by atoms with E-state index in [1.165, 1.54) is 48.5 Å². The van der Waals surface area contributed by atoms with Gasteiger partial charge < -0.3 is 10.6 Å². The number of carbonyl (C=O) groups is 2. The number of nitrogens with one attached hydrogen (secondary N) is 2. The van der Waals surface area contributed by atoms with E-state index in [0.29, 0.717) is 0 Å². The van der Waals surface area contributed by atoms with Crippen LogP contribution in [0.15, 0.2) is 72.4 Å². The molecule has 0 heterocycles. The van der Waals surface area contributed by atoms with Crippen molar-refractivity contribution in [2.24, 2.45) is 0 Å². The predicted molar refractivity (Wildman–Crippen MR) is 115 cm³/mol. The van der Waals surface area contributed by atoms with Gasteiger partial charge in [0.25, 0.3) is 17.5 Å². The van der Waals surface area contributed by atoms with Crippen LogP contribution in [0.2, 0.25) is 5.02 Å². The second kappa shape index (κ2) is 9.80. The van der Waals surface area contributed by atoms with Crippen molar-refractivity contribution in [2.75, 3.05) is 5.32 Å². The van der Waals surface area contributed by atoms with Gasteiger partial charge in [0.1, 0.15) is 17.3 Å². The second-order valence-corrected chi connectivity index (χ2v) is 6.86. The maximum Gasteiger partial charge on any atom is 0.272 e. The summed E-state index contributed by atoms with van der Waals surface area (Å²) in [6.07, 6.45) is 1.21. The van der Waals surface area contributed by atoms with Crippen molar-refractivity contribution in [1.82, 2.24) is 5.32 Å². The lowest BCUT2D eigenvalue weighted by Gasteiger charge is -2.12. The molecule has 2 amide bonds. The third-order valence-corrected chi connectivity index (χ3v) is 4.46. The Hall–Kier alpha value is -4.11. The maximum absolute atomic E-state index is 13.4. The summed E-state index contributed by atoms with van der Waals surface area (Å²) < 4.78 is 26.7. The van der Waals surface area contributed by atoms with E-state index >= 15 is 0 Å². The Labute approximate surface area is 185 Å².